The number of Topliss-reactive ketones (excluding diaryl/α,β-unsaturated/α-hetero) is 1. The van der Waals surface area contributed by atoms with Crippen molar-refractivity contribution in [1.82, 2.24) is 20.2 Å². The predicted octanol–water partition coefficient (Wildman–Crippen LogP) is -0.244. The van der Waals surface area contributed by atoms with Crippen molar-refractivity contribution in [3.05, 3.63) is 11.8 Å². The van der Waals surface area contributed by atoms with E-state index in [2.05, 4.69) is 15.3 Å². The van der Waals surface area contributed by atoms with E-state index in [1.165, 1.54) is 0 Å². The van der Waals surface area contributed by atoms with Gasteiger partial charge in [-0.25, -0.2) is 4.98 Å². The summed E-state index contributed by atoms with van der Waals surface area (Å²) in [6.45, 7) is 7.67. The molecule has 8 heteroatoms. The van der Waals surface area contributed by atoms with Crippen molar-refractivity contribution >= 4 is 23.5 Å². The standard InChI is InChI=1S/C16H24N6O2/c1-4-21(5-2)15(24)12-9-17-6-7-22(12)16-18-8-11-13(23)10-20(3)14(11)19-16/h8,12,17H,4-7,9-10H2,1-3H3. The van der Waals surface area contributed by atoms with E-state index in [4.69, 9.17) is 0 Å². The van der Waals surface area contributed by atoms with Crippen molar-refractivity contribution in [2.75, 3.05) is 56.1 Å². The highest BCUT2D eigenvalue weighted by Crippen LogP contribution is 2.26. The van der Waals surface area contributed by atoms with Gasteiger partial charge in [-0.1, -0.05) is 0 Å². The van der Waals surface area contributed by atoms with Gasteiger partial charge >= 0.3 is 0 Å². The largest absolute Gasteiger partial charge is 0.351 e. The van der Waals surface area contributed by atoms with Gasteiger partial charge in [-0.2, -0.15) is 4.98 Å². The first-order chi connectivity index (χ1) is 11.6. The molecule has 8 nitrogen and oxygen atoms in total. The molecule has 1 saturated heterocycles. The molecule has 1 unspecified atom stereocenters. The molecule has 1 atom stereocenters. The van der Waals surface area contributed by atoms with Crippen molar-refractivity contribution in [2.24, 2.45) is 0 Å². The lowest BCUT2D eigenvalue weighted by Gasteiger charge is -2.37. The molecule has 2 aliphatic rings. The molecule has 0 radical (unpaired) electrons. The van der Waals surface area contributed by atoms with Crippen LogP contribution in [0, 0.1) is 0 Å². The van der Waals surface area contributed by atoms with Gasteiger partial charge in [0.1, 0.15) is 11.9 Å². The average Bonchev–Trinajstić information content (AvgIpc) is 2.89. The van der Waals surface area contributed by atoms with E-state index >= 15 is 0 Å². The maximum atomic E-state index is 12.8. The van der Waals surface area contributed by atoms with Crippen molar-refractivity contribution in [3.63, 3.8) is 0 Å². The average molecular weight is 332 g/mol. The Morgan fingerprint density at radius 1 is 1.42 bits per heavy atom. The van der Waals surface area contributed by atoms with Gasteiger partial charge in [-0.15, -0.1) is 0 Å². The Morgan fingerprint density at radius 2 is 2.17 bits per heavy atom. The lowest BCUT2D eigenvalue weighted by molar-refractivity contribution is -0.132. The molecule has 3 rings (SSSR count). The lowest BCUT2D eigenvalue weighted by atomic mass is 10.1. The Balaban J connectivity index is 1.90. The molecule has 0 bridgehead atoms. The third-order valence-electron chi connectivity index (χ3n) is 4.66. The summed E-state index contributed by atoms with van der Waals surface area (Å²) in [5.41, 5.74) is 0.558. The number of hydrogen-bond acceptors (Lipinski definition) is 7. The number of anilines is 2. The van der Waals surface area contributed by atoms with Crippen molar-refractivity contribution < 1.29 is 9.59 Å². The second-order valence-corrected chi connectivity index (χ2v) is 6.11. The zero-order valence-corrected chi connectivity index (χ0v) is 14.4. The van der Waals surface area contributed by atoms with Crippen molar-refractivity contribution in [3.8, 4) is 0 Å². The van der Waals surface area contributed by atoms with E-state index in [0.717, 1.165) is 6.54 Å². The molecule has 130 valence electrons. The van der Waals surface area contributed by atoms with Crippen LogP contribution in [0.4, 0.5) is 11.8 Å². The number of carbonyl (C=O) groups is 2. The molecule has 3 heterocycles. The summed E-state index contributed by atoms with van der Waals surface area (Å²) in [6.07, 6.45) is 1.59. The summed E-state index contributed by atoms with van der Waals surface area (Å²) in [7, 11) is 1.84. The minimum Gasteiger partial charge on any atom is -0.351 e. The maximum absolute atomic E-state index is 12.8. The minimum atomic E-state index is -0.320. The fourth-order valence-electron chi connectivity index (χ4n) is 3.28. The third-order valence-corrected chi connectivity index (χ3v) is 4.66. The Hall–Kier alpha value is -2.22. The number of rotatable bonds is 4. The predicted molar refractivity (Wildman–Crippen MR) is 91.6 cm³/mol. The zero-order valence-electron chi connectivity index (χ0n) is 14.4. The highest BCUT2D eigenvalue weighted by Gasteiger charge is 2.34. The molecule has 1 aromatic heterocycles. The first kappa shape index (κ1) is 16.6. The lowest BCUT2D eigenvalue weighted by Crippen LogP contribution is -2.59. The molecular formula is C16H24N6O2. The number of piperazine rings is 1. The highest BCUT2D eigenvalue weighted by atomic mass is 16.2. The van der Waals surface area contributed by atoms with Gasteiger partial charge in [-0.05, 0) is 13.8 Å². The van der Waals surface area contributed by atoms with Gasteiger partial charge in [0.05, 0.1) is 12.1 Å². The second-order valence-electron chi connectivity index (χ2n) is 6.11. The smallest absolute Gasteiger partial charge is 0.246 e. The fourth-order valence-corrected chi connectivity index (χ4v) is 3.28. The normalized spacial score (nSPS) is 20.3. The third kappa shape index (κ3) is 2.82. The van der Waals surface area contributed by atoms with Gasteiger partial charge in [0, 0.05) is 46.0 Å². The Morgan fingerprint density at radius 3 is 2.88 bits per heavy atom. The molecule has 2 aliphatic heterocycles. The number of nitrogens with zero attached hydrogens (tertiary/aromatic N) is 5. The number of likely N-dealkylation sites (N-methyl/N-ethyl adjacent to an activating group) is 2. The van der Waals surface area contributed by atoms with Crippen LogP contribution in [0.5, 0.6) is 0 Å². The van der Waals surface area contributed by atoms with Crippen LogP contribution in [0.2, 0.25) is 0 Å². The van der Waals surface area contributed by atoms with E-state index in [1.807, 2.05) is 35.6 Å². The summed E-state index contributed by atoms with van der Waals surface area (Å²) < 4.78 is 0. The number of ketones is 1. The van der Waals surface area contributed by atoms with E-state index < -0.39 is 0 Å². The second kappa shape index (κ2) is 6.72. The number of nitrogens with one attached hydrogen (secondary N) is 1. The number of fused-ring (bicyclic) bond motifs is 1. The van der Waals surface area contributed by atoms with Gasteiger partial charge in [0.25, 0.3) is 0 Å². The Labute approximate surface area is 141 Å². The maximum Gasteiger partial charge on any atom is 0.246 e. The number of aromatic nitrogens is 2. The molecule has 1 amide bonds. The molecule has 0 spiro atoms. The molecule has 24 heavy (non-hydrogen) atoms. The van der Waals surface area contributed by atoms with E-state index in [0.29, 0.717) is 50.1 Å². The van der Waals surface area contributed by atoms with Crippen LogP contribution in [-0.2, 0) is 4.79 Å². The topological polar surface area (TPSA) is 81.7 Å². The van der Waals surface area contributed by atoms with Crippen LogP contribution in [0.15, 0.2) is 6.20 Å². The highest BCUT2D eigenvalue weighted by molar-refractivity contribution is 6.07. The van der Waals surface area contributed by atoms with E-state index in [-0.39, 0.29) is 17.7 Å². The van der Waals surface area contributed by atoms with Crippen LogP contribution >= 0.6 is 0 Å². The monoisotopic (exact) mass is 332 g/mol. The SMILES string of the molecule is CCN(CC)C(=O)C1CNCCN1c1ncc2c(n1)N(C)CC2=O. The number of carbonyl (C=O) groups excluding carboxylic acids is 2. The first-order valence-electron chi connectivity index (χ1n) is 8.44. The van der Waals surface area contributed by atoms with Crippen LogP contribution in [0.25, 0.3) is 0 Å². The van der Waals surface area contributed by atoms with E-state index in [1.54, 1.807) is 6.20 Å². The Bertz CT molecular complexity index is 645. The summed E-state index contributed by atoms with van der Waals surface area (Å²) >= 11 is 0. The molecule has 0 aromatic carbocycles. The van der Waals surface area contributed by atoms with Crippen LogP contribution in [0.3, 0.4) is 0 Å². The Kier molecular flexibility index (Phi) is 4.66. The summed E-state index contributed by atoms with van der Waals surface area (Å²) in [5.74, 6) is 1.29. The summed E-state index contributed by atoms with van der Waals surface area (Å²) in [4.78, 5) is 39.3. The van der Waals surface area contributed by atoms with Gasteiger partial charge < -0.3 is 20.0 Å². The first-order valence-corrected chi connectivity index (χ1v) is 8.44. The summed E-state index contributed by atoms with van der Waals surface area (Å²) in [6, 6.07) is -0.320. The minimum absolute atomic E-state index is 0.0372. The molecule has 1 aromatic rings. The fraction of sp³-hybridized carbons (Fsp3) is 0.625. The molecular weight excluding hydrogens is 308 g/mol. The van der Waals surface area contributed by atoms with Gasteiger partial charge in [-0.3, -0.25) is 9.59 Å². The van der Waals surface area contributed by atoms with Gasteiger partial charge in [0.2, 0.25) is 11.9 Å². The number of hydrogen-bond donors (Lipinski definition) is 1. The van der Waals surface area contributed by atoms with Gasteiger partial charge in [0.15, 0.2) is 5.78 Å². The van der Waals surface area contributed by atoms with Crippen LogP contribution in [0.1, 0.15) is 24.2 Å². The summed E-state index contributed by atoms with van der Waals surface area (Å²) in [5, 5.41) is 3.28. The van der Waals surface area contributed by atoms with Crippen LogP contribution in [-0.4, -0.2) is 78.9 Å². The van der Waals surface area contributed by atoms with Crippen molar-refractivity contribution in [1.29, 1.82) is 0 Å². The van der Waals surface area contributed by atoms with E-state index in [9.17, 15) is 9.59 Å². The van der Waals surface area contributed by atoms with Crippen molar-refractivity contribution in [2.45, 2.75) is 19.9 Å². The quantitative estimate of drug-likeness (QED) is 0.814. The van der Waals surface area contributed by atoms with Crippen LogP contribution < -0.4 is 15.1 Å². The molecule has 1 fully saturated rings. The zero-order chi connectivity index (χ0) is 17.3. The molecule has 0 saturated carbocycles. The number of amides is 1. The molecule has 1 N–H and O–H groups in total. The molecule has 0 aliphatic carbocycles.